The molecule has 3 heteroatoms. The largest absolute Gasteiger partial charge is 0.382 e. The van der Waals surface area contributed by atoms with E-state index < -0.39 is 0 Å². The van der Waals surface area contributed by atoms with Crippen molar-refractivity contribution in [2.45, 2.75) is 45.6 Å². The van der Waals surface area contributed by atoms with E-state index in [1.165, 1.54) is 19.3 Å². The quantitative estimate of drug-likeness (QED) is 0.647. The first kappa shape index (κ1) is 13.9. The van der Waals surface area contributed by atoms with Gasteiger partial charge in [0.2, 0.25) is 0 Å². The standard InChI is InChI=1S/C13H27NO2/c1-13(2)6-5-12(11-13)14-7-4-8-16-10-9-15-3/h12,14H,4-11H2,1-3H3. The lowest BCUT2D eigenvalue weighted by molar-refractivity contribution is 0.0692. The topological polar surface area (TPSA) is 30.5 Å². The highest BCUT2D eigenvalue weighted by Crippen LogP contribution is 2.36. The molecule has 1 N–H and O–H groups in total. The third-order valence-electron chi connectivity index (χ3n) is 3.30. The minimum absolute atomic E-state index is 0.548. The molecule has 1 saturated carbocycles. The highest BCUT2D eigenvalue weighted by Gasteiger charge is 2.30. The average molecular weight is 229 g/mol. The first-order valence-corrected chi connectivity index (χ1v) is 6.44. The molecule has 0 amide bonds. The van der Waals surface area contributed by atoms with Crippen molar-refractivity contribution < 1.29 is 9.47 Å². The molecular weight excluding hydrogens is 202 g/mol. The van der Waals surface area contributed by atoms with E-state index in [9.17, 15) is 0 Å². The number of ether oxygens (including phenoxy) is 2. The van der Waals surface area contributed by atoms with Crippen LogP contribution in [0.1, 0.15) is 39.5 Å². The molecule has 0 aromatic rings. The Morgan fingerprint density at radius 2 is 2.06 bits per heavy atom. The second-order valence-corrected chi connectivity index (χ2v) is 5.52. The van der Waals surface area contributed by atoms with Gasteiger partial charge in [0.1, 0.15) is 0 Å². The highest BCUT2D eigenvalue weighted by atomic mass is 16.5. The monoisotopic (exact) mass is 229 g/mol. The van der Waals surface area contributed by atoms with Gasteiger partial charge in [-0.05, 0) is 37.6 Å². The molecule has 1 unspecified atom stereocenters. The Balaban J connectivity index is 1.88. The molecule has 0 bridgehead atoms. The number of hydrogen-bond acceptors (Lipinski definition) is 3. The smallest absolute Gasteiger partial charge is 0.0700 e. The molecule has 1 aliphatic carbocycles. The van der Waals surface area contributed by atoms with Crippen LogP contribution in [0.3, 0.4) is 0 Å². The molecule has 1 fully saturated rings. The summed E-state index contributed by atoms with van der Waals surface area (Å²) in [5, 5.41) is 3.62. The Hall–Kier alpha value is -0.120. The Kier molecular flexibility index (Phi) is 6.32. The van der Waals surface area contributed by atoms with Gasteiger partial charge in [-0.3, -0.25) is 0 Å². The third-order valence-corrected chi connectivity index (χ3v) is 3.30. The summed E-state index contributed by atoms with van der Waals surface area (Å²) in [6.07, 6.45) is 5.10. The van der Waals surface area contributed by atoms with Gasteiger partial charge in [-0.25, -0.2) is 0 Å². The van der Waals surface area contributed by atoms with E-state index in [2.05, 4.69) is 19.2 Å². The lowest BCUT2D eigenvalue weighted by Gasteiger charge is -2.17. The van der Waals surface area contributed by atoms with Gasteiger partial charge in [0.05, 0.1) is 13.2 Å². The van der Waals surface area contributed by atoms with Crippen LogP contribution in [0.5, 0.6) is 0 Å². The van der Waals surface area contributed by atoms with Gasteiger partial charge in [0.25, 0.3) is 0 Å². The van der Waals surface area contributed by atoms with Gasteiger partial charge in [0, 0.05) is 19.8 Å². The van der Waals surface area contributed by atoms with E-state index in [-0.39, 0.29) is 0 Å². The Labute approximate surface area is 99.9 Å². The number of rotatable bonds is 8. The van der Waals surface area contributed by atoms with Crippen LogP contribution in [-0.2, 0) is 9.47 Å². The summed E-state index contributed by atoms with van der Waals surface area (Å²) in [5.41, 5.74) is 0.548. The van der Waals surface area contributed by atoms with Crippen molar-refractivity contribution >= 4 is 0 Å². The van der Waals surface area contributed by atoms with E-state index in [1.807, 2.05) is 0 Å². The van der Waals surface area contributed by atoms with Crippen molar-refractivity contribution in [1.29, 1.82) is 0 Å². The van der Waals surface area contributed by atoms with Crippen LogP contribution in [0.25, 0.3) is 0 Å². The van der Waals surface area contributed by atoms with Gasteiger partial charge in [-0.1, -0.05) is 13.8 Å². The van der Waals surface area contributed by atoms with Crippen LogP contribution >= 0.6 is 0 Å². The SMILES string of the molecule is COCCOCCCNC1CCC(C)(C)C1. The number of hydrogen-bond donors (Lipinski definition) is 1. The maximum atomic E-state index is 5.41. The number of methoxy groups -OCH3 is 1. The van der Waals surface area contributed by atoms with Crippen molar-refractivity contribution in [3.8, 4) is 0 Å². The first-order chi connectivity index (χ1) is 7.64. The number of nitrogens with one attached hydrogen (secondary N) is 1. The molecule has 0 heterocycles. The first-order valence-electron chi connectivity index (χ1n) is 6.44. The molecule has 3 nitrogen and oxygen atoms in total. The van der Waals surface area contributed by atoms with Gasteiger partial charge in [-0.2, -0.15) is 0 Å². The van der Waals surface area contributed by atoms with E-state index >= 15 is 0 Å². The van der Waals surface area contributed by atoms with Crippen LogP contribution in [0, 0.1) is 5.41 Å². The molecule has 0 aromatic carbocycles. The fourth-order valence-corrected chi connectivity index (χ4v) is 2.34. The van der Waals surface area contributed by atoms with Crippen molar-refractivity contribution in [2.24, 2.45) is 5.41 Å². The highest BCUT2D eigenvalue weighted by molar-refractivity contribution is 4.86. The molecule has 1 atom stereocenters. The molecule has 0 saturated heterocycles. The third kappa shape index (κ3) is 5.83. The molecule has 0 radical (unpaired) electrons. The van der Waals surface area contributed by atoms with E-state index in [1.54, 1.807) is 7.11 Å². The van der Waals surface area contributed by atoms with Crippen molar-refractivity contribution in [3.63, 3.8) is 0 Å². The molecule has 1 aliphatic rings. The van der Waals surface area contributed by atoms with E-state index in [0.717, 1.165) is 25.6 Å². The molecule has 1 rings (SSSR count). The summed E-state index contributed by atoms with van der Waals surface area (Å²) < 4.78 is 10.3. The average Bonchev–Trinajstić information content (AvgIpc) is 2.57. The Morgan fingerprint density at radius 3 is 2.69 bits per heavy atom. The van der Waals surface area contributed by atoms with Crippen LogP contribution < -0.4 is 5.32 Å². The summed E-state index contributed by atoms with van der Waals surface area (Å²) in [6.45, 7) is 8.06. The zero-order chi connectivity index (χ0) is 11.9. The predicted molar refractivity (Wildman–Crippen MR) is 66.7 cm³/mol. The van der Waals surface area contributed by atoms with Gasteiger partial charge in [0.15, 0.2) is 0 Å². The maximum absolute atomic E-state index is 5.41. The van der Waals surface area contributed by atoms with E-state index in [4.69, 9.17) is 9.47 Å². The molecular formula is C13H27NO2. The van der Waals surface area contributed by atoms with Crippen LogP contribution in [-0.4, -0.2) is 39.5 Å². The van der Waals surface area contributed by atoms with Gasteiger partial charge < -0.3 is 14.8 Å². The second kappa shape index (κ2) is 7.25. The molecule has 16 heavy (non-hydrogen) atoms. The van der Waals surface area contributed by atoms with E-state index in [0.29, 0.717) is 18.6 Å². The lowest BCUT2D eigenvalue weighted by Crippen LogP contribution is -2.29. The Bertz CT molecular complexity index is 183. The van der Waals surface area contributed by atoms with Crippen LogP contribution in [0.2, 0.25) is 0 Å². The molecule has 0 spiro atoms. The van der Waals surface area contributed by atoms with Gasteiger partial charge in [-0.15, -0.1) is 0 Å². The summed E-state index contributed by atoms with van der Waals surface area (Å²) in [6, 6.07) is 0.731. The minimum atomic E-state index is 0.548. The summed E-state index contributed by atoms with van der Waals surface area (Å²) in [4.78, 5) is 0. The fourth-order valence-electron chi connectivity index (χ4n) is 2.34. The normalized spacial score (nSPS) is 23.8. The Morgan fingerprint density at radius 1 is 1.25 bits per heavy atom. The molecule has 0 aliphatic heterocycles. The van der Waals surface area contributed by atoms with Crippen molar-refractivity contribution in [1.82, 2.24) is 5.32 Å². The van der Waals surface area contributed by atoms with Crippen molar-refractivity contribution in [3.05, 3.63) is 0 Å². The summed E-state index contributed by atoms with van der Waals surface area (Å²) in [5.74, 6) is 0. The maximum Gasteiger partial charge on any atom is 0.0700 e. The molecule has 96 valence electrons. The zero-order valence-electron chi connectivity index (χ0n) is 11.1. The van der Waals surface area contributed by atoms with Crippen LogP contribution in [0.15, 0.2) is 0 Å². The lowest BCUT2D eigenvalue weighted by atomic mass is 9.92. The van der Waals surface area contributed by atoms with Crippen LogP contribution in [0.4, 0.5) is 0 Å². The second-order valence-electron chi connectivity index (χ2n) is 5.52. The summed E-state index contributed by atoms with van der Waals surface area (Å²) in [7, 11) is 1.70. The van der Waals surface area contributed by atoms with Crippen molar-refractivity contribution in [2.75, 3.05) is 33.5 Å². The summed E-state index contributed by atoms with van der Waals surface area (Å²) >= 11 is 0. The molecule has 0 aromatic heterocycles. The fraction of sp³-hybridized carbons (Fsp3) is 1.00. The minimum Gasteiger partial charge on any atom is -0.382 e. The zero-order valence-corrected chi connectivity index (χ0v) is 11.1. The predicted octanol–water partition coefficient (Wildman–Crippen LogP) is 2.21. The van der Waals surface area contributed by atoms with Gasteiger partial charge >= 0.3 is 0 Å².